The second kappa shape index (κ2) is 11.3. The van der Waals surface area contributed by atoms with Crippen LogP contribution in [0.5, 0.6) is 11.5 Å². The van der Waals surface area contributed by atoms with Crippen molar-refractivity contribution in [3.05, 3.63) is 70.6 Å². The molecule has 0 fully saturated rings. The summed E-state index contributed by atoms with van der Waals surface area (Å²) < 4.78 is 16.2. The van der Waals surface area contributed by atoms with Crippen LogP contribution in [0.1, 0.15) is 34.6 Å². The molecular formula is C26H27NO5S. The van der Waals surface area contributed by atoms with Crippen LogP contribution in [0.25, 0.3) is 17.2 Å². The summed E-state index contributed by atoms with van der Waals surface area (Å²) in [6.45, 7) is 6.35. The fourth-order valence-corrected chi connectivity index (χ4v) is 4.44. The van der Waals surface area contributed by atoms with E-state index in [9.17, 15) is 9.59 Å². The SMILES string of the molecule is CCOC(=O)c1c(NC(=O)C=Cc2ccc(OCC)c(OC)c2)sc(C)c1-c1ccccc1. The van der Waals surface area contributed by atoms with Gasteiger partial charge in [-0.25, -0.2) is 4.79 Å². The lowest BCUT2D eigenvalue weighted by Crippen LogP contribution is -2.12. The van der Waals surface area contributed by atoms with E-state index in [-0.39, 0.29) is 12.5 Å². The van der Waals surface area contributed by atoms with Crippen molar-refractivity contribution in [1.82, 2.24) is 0 Å². The fraction of sp³-hybridized carbons (Fsp3) is 0.231. The van der Waals surface area contributed by atoms with E-state index in [2.05, 4.69) is 5.32 Å². The third-order valence-corrected chi connectivity index (χ3v) is 5.80. The molecule has 1 N–H and O–H groups in total. The van der Waals surface area contributed by atoms with Gasteiger partial charge in [-0.2, -0.15) is 0 Å². The monoisotopic (exact) mass is 465 g/mol. The van der Waals surface area contributed by atoms with E-state index in [0.29, 0.717) is 28.7 Å². The first-order chi connectivity index (χ1) is 16.0. The van der Waals surface area contributed by atoms with Gasteiger partial charge in [-0.3, -0.25) is 4.79 Å². The van der Waals surface area contributed by atoms with Gasteiger partial charge in [-0.15, -0.1) is 11.3 Å². The molecular weight excluding hydrogens is 438 g/mol. The molecule has 6 nitrogen and oxygen atoms in total. The zero-order chi connectivity index (χ0) is 23.8. The zero-order valence-electron chi connectivity index (χ0n) is 19.1. The first-order valence-electron chi connectivity index (χ1n) is 10.6. The summed E-state index contributed by atoms with van der Waals surface area (Å²) in [6.07, 6.45) is 3.09. The lowest BCUT2D eigenvalue weighted by Gasteiger charge is -2.09. The van der Waals surface area contributed by atoms with Crippen molar-refractivity contribution in [3.8, 4) is 22.6 Å². The number of thiophene rings is 1. The third kappa shape index (κ3) is 5.81. The summed E-state index contributed by atoms with van der Waals surface area (Å²) in [5, 5.41) is 3.31. The van der Waals surface area contributed by atoms with Gasteiger partial charge >= 0.3 is 5.97 Å². The summed E-state index contributed by atoms with van der Waals surface area (Å²) in [5.74, 6) is 0.416. The Morgan fingerprint density at radius 2 is 1.79 bits per heavy atom. The Morgan fingerprint density at radius 1 is 1.03 bits per heavy atom. The van der Waals surface area contributed by atoms with Gasteiger partial charge in [-0.1, -0.05) is 36.4 Å². The van der Waals surface area contributed by atoms with E-state index in [4.69, 9.17) is 14.2 Å². The van der Waals surface area contributed by atoms with Crippen molar-refractivity contribution in [2.45, 2.75) is 20.8 Å². The number of hydrogen-bond donors (Lipinski definition) is 1. The number of hydrogen-bond acceptors (Lipinski definition) is 6. The standard InChI is InChI=1S/C26H27NO5S/c1-5-31-20-14-12-18(16-21(20)30-4)13-15-22(28)27-25-24(26(29)32-6-2)23(17(3)33-25)19-10-8-7-9-11-19/h7-16H,5-6H2,1-4H3,(H,27,28). The molecule has 0 unspecified atom stereocenters. The molecule has 0 aliphatic carbocycles. The van der Waals surface area contributed by atoms with E-state index >= 15 is 0 Å². The molecule has 0 bridgehead atoms. The summed E-state index contributed by atoms with van der Waals surface area (Å²) in [7, 11) is 1.57. The van der Waals surface area contributed by atoms with Gasteiger partial charge in [0.2, 0.25) is 5.91 Å². The number of esters is 1. The molecule has 2 aromatic carbocycles. The average Bonchev–Trinajstić information content (AvgIpc) is 3.14. The van der Waals surface area contributed by atoms with Crippen LogP contribution >= 0.6 is 11.3 Å². The number of rotatable bonds is 9. The van der Waals surface area contributed by atoms with Crippen LogP contribution in [-0.2, 0) is 9.53 Å². The molecule has 33 heavy (non-hydrogen) atoms. The summed E-state index contributed by atoms with van der Waals surface area (Å²) in [4.78, 5) is 26.4. The first-order valence-corrected chi connectivity index (χ1v) is 11.5. The first kappa shape index (κ1) is 24.1. The molecule has 0 spiro atoms. The lowest BCUT2D eigenvalue weighted by atomic mass is 10.0. The molecule has 3 rings (SSSR count). The Labute approximate surface area is 197 Å². The Hall–Kier alpha value is -3.58. The van der Waals surface area contributed by atoms with E-state index in [0.717, 1.165) is 21.6 Å². The zero-order valence-corrected chi connectivity index (χ0v) is 20.0. The molecule has 0 radical (unpaired) electrons. The number of methoxy groups -OCH3 is 1. The van der Waals surface area contributed by atoms with Gasteiger partial charge in [0.05, 0.1) is 20.3 Å². The van der Waals surface area contributed by atoms with Crippen LogP contribution in [0.4, 0.5) is 5.00 Å². The number of benzene rings is 2. The Balaban J connectivity index is 1.87. The van der Waals surface area contributed by atoms with Gasteiger partial charge in [0.25, 0.3) is 0 Å². The molecule has 0 aliphatic heterocycles. The number of ether oxygens (including phenoxy) is 3. The number of amides is 1. The molecule has 0 saturated heterocycles. The van der Waals surface area contributed by atoms with Gasteiger partial charge in [-0.05, 0) is 50.1 Å². The van der Waals surface area contributed by atoms with Crippen LogP contribution in [-0.4, -0.2) is 32.2 Å². The summed E-state index contributed by atoms with van der Waals surface area (Å²) in [6, 6.07) is 15.0. The topological polar surface area (TPSA) is 73.9 Å². The van der Waals surface area contributed by atoms with Crippen molar-refractivity contribution in [2.24, 2.45) is 0 Å². The largest absolute Gasteiger partial charge is 0.493 e. The molecule has 0 atom stereocenters. The number of carbonyl (C=O) groups is 2. The van der Waals surface area contributed by atoms with Crippen LogP contribution in [0, 0.1) is 6.92 Å². The second-order valence-electron chi connectivity index (χ2n) is 6.99. The summed E-state index contributed by atoms with van der Waals surface area (Å²) in [5.41, 5.74) is 2.82. The predicted octanol–water partition coefficient (Wildman–Crippen LogP) is 5.96. The Kier molecular flexibility index (Phi) is 8.27. The van der Waals surface area contributed by atoms with Crippen molar-refractivity contribution in [1.29, 1.82) is 0 Å². The minimum atomic E-state index is -0.462. The third-order valence-electron chi connectivity index (χ3n) is 4.78. The molecule has 3 aromatic rings. The molecule has 172 valence electrons. The molecule has 1 amide bonds. The van der Waals surface area contributed by atoms with Crippen LogP contribution < -0.4 is 14.8 Å². The highest BCUT2D eigenvalue weighted by molar-refractivity contribution is 7.17. The van der Waals surface area contributed by atoms with Crippen molar-refractivity contribution < 1.29 is 23.8 Å². The van der Waals surface area contributed by atoms with E-state index in [1.54, 1.807) is 32.2 Å². The molecule has 7 heteroatoms. The van der Waals surface area contributed by atoms with Gasteiger partial charge in [0.1, 0.15) is 10.6 Å². The Bertz CT molecular complexity index is 1150. The highest BCUT2D eigenvalue weighted by atomic mass is 32.1. The van der Waals surface area contributed by atoms with Gasteiger partial charge < -0.3 is 19.5 Å². The number of nitrogens with one attached hydrogen (secondary N) is 1. The normalized spacial score (nSPS) is 10.8. The maximum atomic E-state index is 12.8. The second-order valence-corrected chi connectivity index (χ2v) is 8.21. The lowest BCUT2D eigenvalue weighted by molar-refractivity contribution is -0.111. The average molecular weight is 466 g/mol. The molecule has 1 heterocycles. The highest BCUT2D eigenvalue weighted by Gasteiger charge is 2.25. The van der Waals surface area contributed by atoms with Gasteiger partial charge in [0.15, 0.2) is 11.5 Å². The smallest absolute Gasteiger partial charge is 0.341 e. The minimum absolute atomic E-state index is 0.245. The number of anilines is 1. The van der Waals surface area contributed by atoms with Crippen LogP contribution in [0.3, 0.4) is 0 Å². The molecule has 1 aromatic heterocycles. The van der Waals surface area contributed by atoms with Crippen molar-refractivity contribution >= 4 is 34.3 Å². The van der Waals surface area contributed by atoms with Crippen LogP contribution in [0.2, 0.25) is 0 Å². The maximum Gasteiger partial charge on any atom is 0.341 e. The van der Waals surface area contributed by atoms with Gasteiger partial charge in [0, 0.05) is 16.5 Å². The number of carbonyl (C=O) groups excluding carboxylic acids is 2. The molecule has 0 aliphatic rings. The fourth-order valence-electron chi connectivity index (χ4n) is 3.37. The maximum absolute atomic E-state index is 12.8. The van der Waals surface area contributed by atoms with Crippen LogP contribution in [0.15, 0.2) is 54.6 Å². The van der Waals surface area contributed by atoms with E-state index < -0.39 is 5.97 Å². The van der Waals surface area contributed by atoms with E-state index in [1.165, 1.54) is 17.4 Å². The molecule has 0 saturated carbocycles. The quantitative estimate of drug-likeness (QED) is 0.312. The van der Waals surface area contributed by atoms with E-state index in [1.807, 2.05) is 50.2 Å². The number of aryl methyl sites for hydroxylation is 1. The predicted molar refractivity (Wildman–Crippen MR) is 132 cm³/mol. The summed E-state index contributed by atoms with van der Waals surface area (Å²) >= 11 is 1.35. The Morgan fingerprint density at radius 3 is 2.45 bits per heavy atom. The van der Waals surface area contributed by atoms with Crippen molar-refractivity contribution in [3.63, 3.8) is 0 Å². The minimum Gasteiger partial charge on any atom is -0.493 e. The van der Waals surface area contributed by atoms with Crippen molar-refractivity contribution in [2.75, 3.05) is 25.6 Å². The highest BCUT2D eigenvalue weighted by Crippen LogP contribution is 2.40.